The minimum absolute atomic E-state index is 0.111. The summed E-state index contributed by atoms with van der Waals surface area (Å²) in [6.07, 6.45) is 4.32. The zero-order valence-corrected chi connectivity index (χ0v) is 16.8. The molecule has 0 atom stereocenters. The number of benzene rings is 2. The molecule has 3 rings (SSSR count). The van der Waals surface area contributed by atoms with Crippen molar-refractivity contribution in [3.63, 3.8) is 0 Å². The summed E-state index contributed by atoms with van der Waals surface area (Å²) in [4.78, 5) is 0. The van der Waals surface area contributed by atoms with E-state index in [4.69, 9.17) is 0 Å². The lowest BCUT2D eigenvalue weighted by Crippen LogP contribution is -2.31. The van der Waals surface area contributed by atoms with Crippen molar-refractivity contribution in [2.24, 2.45) is 7.05 Å². The number of nitrogens with zero attached hydrogens (tertiary/aromatic N) is 1. The number of fused-ring (bicyclic) bond motifs is 1. The number of pyridine rings is 1. The van der Waals surface area contributed by atoms with Crippen molar-refractivity contribution in [3.05, 3.63) is 64.6 Å². The Morgan fingerprint density at radius 3 is 2.31 bits per heavy atom. The van der Waals surface area contributed by atoms with Gasteiger partial charge in [0, 0.05) is 6.07 Å². The molecule has 0 amide bonds. The molecule has 26 heavy (non-hydrogen) atoms. The third kappa shape index (κ3) is 3.02. The molecule has 1 heterocycles. The second-order valence-corrected chi connectivity index (χ2v) is 7.46. The van der Waals surface area contributed by atoms with E-state index in [1.165, 1.54) is 10.9 Å². The van der Waals surface area contributed by atoms with Crippen molar-refractivity contribution in [1.82, 2.24) is 0 Å². The van der Waals surface area contributed by atoms with Crippen molar-refractivity contribution < 1.29 is 8.96 Å². The van der Waals surface area contributed by atoms with Gasteiger partial charge in [0.15, 0.2) is 6.20 Å². The first-order chi connectivity index (χ1) is 12.4. The van der Waals surface area contributed by atoms with Crippen molar-refractivity contribution in [2.45, 2.75) is 53.4 Å². The highest BCUT2D eigenvalue weighted by Gasteiger charge is 2.23. The van der Waals surface area contributed by atoms with Crippen molar-refractivity contribution in [1.29, 1.82) is 0 Å². The standard InChI is InChI=1S/C24H29FN/c1-7-18(8-2)19-9-10-21-20(14-19)11-12-26(6)24(21)22-17(5)15(3)13-16(4)23(22)25/h9-14,18H,7-8H2,1-6H3/q+1. The molecule has 0 saturated carbocycles. The summed E-state index contributed by atoms with van der Waals surface area (Å²) < 4.78 is 17.2. The first-order valence-corrected chi connectivity index (χ1v) is 9.57. The van der Waals surface area contributed by atoms with Gasteiger partial charge >= 0.3 is 0 Å². The van der Waals surface area contributed by atoms with E-state index in [0.29, 0.717) is 11.5 Å². The van der Waals surface area contributed by atoms with Crippen LogP contribution in [0.15, 0.2) is 36.5 Å². The lowest BCUT2D eigenvalue weighted by atomic mass is 9.90. The summed E-state index contributed by atoms with van der Waals surface area (Å²) in [5.74, 6) is 0.469. The maximum Gasteiger partial charge on any atom is 0.223 e. The van der Waals surface area contributed by atoms with Crippen molar-refractivity contribution >= 4 is 10.8 Å². The fraction of sp³-hybridized carbons (Fsp3) is 0.375. The van der Waals surface area contributed by atoms with E-state index in [1.54, 1.807) is 0 Å². The number of aromatic nitrogens is 1. The van der Waals surface area contributed by atoms with Crippen LogP contribution >= 0.6 is 0 Å². The Hall–Kier alpha value is -2.22. The highest BCUT2D eigenvalue weighted by molar-refractivity contribution is 5.94. The van der Waals surface area contributed by atoms with Crippen LogP contribution in [0.3, 0.4) is 0 Å². The molecule has 1 aromatic heterocycles. The van der Waals surface area contributed by atoms with Gasteiger partial charge in [-0.1, -0.05) is 32.0 Å². The Labute approximate surface area is 156 Å². The van der Waals surface area contributed by atoms with E-state index >= 15 is 4.39 Å². The molecule has 3 aromatic rings. The van der Waals surface area contributed by atoms with Gasteiger partial charge in [-0.05, 0) is 73.2 Å². The van der Waals surface area contributed by atoms with Crippen LogP contribution in [-0.4, -0.2) is 0 Å². The molecule has 0 spiro atoms. The molecule has 136 valence electrons. The molecule has 0 aliphatic carbocycles. The van der Waals surface area contributed by atoms with Crippen molar-refractivity contribution in [3.8, 4) is 11.3 Å². The Bertz CT molecular complexity index is 942. The van der Waals surface area contributed by atoms with Gasteiger partial charge in [-0.15, -0.1) is 0 Å². The predicted octanol–water partition coefficient (Wildman–Crippen LogP) is 6.30. The number of hydrogen-bond donors (Lipinski definition) is 0. The summed E-state index contributed by atoms with van der Waals surface area (Å²) in [7, 11) is 2.00. The summed E-state index contributed by atoms with van der Waals surface area (Å²) >= 11 is 0. The second kappa shape index (κ2) is 7.19. The van der Waals surface area contributed by atoms with Crippen molar-refractivity contribution in [2.75, 3.05) is 0 Å². The van der Waals surface area contributed by atoms with Crippen LogP contribution in [-0.2, 0) is 7.05 Å². The van der Waals surface area contributed by atoms with Crippen LogP contribution in [0, 0.1) is 26.6 Å². The van der Waals surface area contributed by atoms with Crippen LogP contribution in [0.2, 0.25) is 0 Å². The number of rotatable bonds is 4. The molecular formula is C24H29FN+. The molecule has 0 radical (unpaired) electrons. The molecule has 2 aromatic carbocycles. The molecule has 0 aliphatic rings. The van der Waals surface area contributed by atoms with E-state index < -0.39 is 0 Å². The molecule has 0 aliphatic heterocycles. The highest BCUT2D eigenvalue weighted by Crippen LogP contribution is 2.34. The average molecular weight is 351 g/mol. The Morgan fingerprint density at radius 1 is 0.962 bits per heavy atom. The summed E-state index contributed by atoms with van der Waals surface area (Å²) in [5, 5.41) is 2.29. The molecule has 0 N–H and O–H groups in total. The van der Waals surface area contributed by atoms with E-state index in [2.05, 4.69) is 45.0 Å². The average Bonchev–Trinajstić information content (AvgIpc) is 2.63. The van der Waals surface area contributed by atoms with Gasteiger partial charge in [-0.2, -0.15) is 0 Å². The quantitative estimate of drug-likeness (QED) is 0.486. The normalized spacial score (nSPS) is 11.5. The van der Waals surface area contributed by atoms with Crippen LogP contribution < -0.4 is 4.57 Å². The molecule has 0 bridgehead atoms. The van der Waals surface area contributed by atoms with Crippen LogP contribution in [0.5, 0.6) is 0 Å². The summed E-state index contributed by atoms with van der Waals surface area (Å²) in [5.41, 5.74) is 5.91. The molecule has 1 nitrogen and oxygen atoms in total. The Kier molecular flexibility index (Phi) is 5.13. The fourth-order valence-corrected chi connectivity index (χ4v) is 4.05. The van der Waals surface area contributed by atoms with E-state index in [9.17, 15) is 0 Å². The van der Waals surface area contributed by atoms with E-state index in [1.807, 2.05) is 37.7 Å². The largest absolute Gasteiger partial charge is 0.223 e. The minimum Gasteiger partial charge on any atom is -0.206 e. The summed E-state index contributed by atoms with van der Waals surface area (Å²) in [6, 6.07) is 10.8. The molecule has 0 saturated heterocycles. The van der Waals surface area contributed by atoms with Gasteiger partial charge in [-0.3, -0.25) is 0 Å². The first-order valence-electron chi connectivity index (χ1n) is 9.57. The fourth-order valence-electron chi connectivity index (χ4n) is 4.05. The number of aryl methyl sites for hydroxylation is 3. The summed E-state index contributed by atoms with van der Waals surface area (Å²) in [6.45, 7) is 10.4. The zero-order chi connectivity index (χ0) is 19.0. The SMILES string of the molecule is CCC(CC)c1ccc2c(-c3c(C)c(C)cc(C)c3F)[n+](C)ccc2c1. The van der Waals surface area contributed by atoms with E-state index in [-0.39, 0.29) is 5.82 Å². The first kappa shape index (κ1) is 18.6. The van der Waals surface area contributed by atoms with Gasteiger partial charge in [-0.25, -0.2) is 8.96 Å². The number of halogens is 1. The smallest absolute Gasteiger partial charge is 0.206 e. The highest BCUT2D eigenvalue weighted by atomic mass is 19.1. The monoisotopic (exact) mass is 350 g/mol. The lowest BCUT2D eigenvalue weighted by molar-refractivity contribution is -0.659. The van der Waals surface area contributed by atoms with Gasteiger partial charge in [0.05, 0.1) is 10.9 Å². The third-order valence-corrected chi connectivity index (χ3v) is 5.82. The second-order valence-electron chi connectivity index (χ2n) is 7.46. The Morgan fingerprint density at radius 2 is 1.65 bits per heavy atom. The molecule has 0 fully saturated rings. The molecular weight excluding hydrogens is 321 g/mol. The maximum atomic E-state index is 15.1. The van der Waals surface area contributed by atoms with Gasteiger partial charge < -0.3 is 0 Å². The van der Waals surface area contributed by atoms with Crippen LogP contribution in [0.25, 0.3) is 22.0 Å². The number of hydrogen-bond acceptors (Lipinski definition) is 0. The zero-order valence-electron chi connectivity index (χ0n) is 16.8. The molecule has 0 unspecified atom stereocenters. The predicted molar refractivity (Wildman–Crippen MR) is 108 cm³/mol. The topological polar surface area (TPSA) is 3.88 Å². The van der Waals surface area contributed by atoms with Gasteiger partial charge in [0.2, 0.25) is 5.69 Å². The maximum absolute atomic E-state index is 15.1. The van der Waals surface area contributed by atoms with Gasteiger partial charge in [0.25, 0.3) is 0 Å². The molecule has 2 heteroatoms. The van der Waals surface area contributed by atoms with Crippen LogP contribution in [0.1, 0.15) is 54.9 Å². The third-order valence-electron chi connectivity index (χ3n) is 5.82. The minimum atomic E-state index is -0.111. The van der Waals surface area contributed by atoms with E-state index in [0.717, 1.165) is 40.6 Å². The lowest BCUT2D eigenvalue weighted by Gasteiger charge is -2.16. The van der Waals surface area contributed by atoms with Crippen LogP contribution in [0.4, 0.5) is 4.39 Å². The Balaban J connectivity index is 2.33. The van der Waals surface area contributed by atoms with Gasteiger partial charge in [0.1, 0.15) is 12.9 Å².